The summed E-state index contributed by atoms with van der Waals surface area (Å²) in [5.74, 6) is -1.13. The van der Waals surface area contributed by atoms with E-state index in [4.69, 9.17) is 5.11 Å². The number of aliphatic carboxylic acids is 1. The summed E-state index contributed by atoms with van der Waals surface area (Å²) in [6.45, 7) is 1.98. The van der Waals surface area contributed by atoms with E-state index in [2.05, 4.69) is 0 Å². The van der Waals surface area contributed by atoms with Crippen LogP contribution >= 0.6 is 0 Å². The molecule has 1 aliphatic carbocycles. The molecule has 0 aliphatic heterocycles. The highest BCUT2D eigenvalue weighted by Crippen LogP contribution is 2.33. The van der Waals surface area contributed by atoms with Gasteiger partial charge in [-0.15, -0.1) is 0 Å². The number of Topliss-reactive ketones (excluding diaryl/α,β-unsaturated/α-hetero) is 1. The quantitative estimate of drug-likeness (QED) is 0.815. The van der Waals surface area contributed by atoms with Crippen LogP contribution in [-0.4, -0.2) is 16.9 Å². The first-order valence-corrected chi connectivity index (χ1v) is 5.91. The molecule has 3 heteroatoms. The molecule has 2 atom stereocenters. The van der Waals surface area contributed by atoms with Crippen molar-refractivity contribution in [3.63, 3.8) is 0 Å². The number of carbonyl (C=O) groups is 2. The molecule has 0 unspecified atom stereocenters. The van der Waals surface area contributed by atoms with Crippen molar-refractivity contribution >= 4 is 11.8 Å². The molecule has 1 aliphatic rings. The maximum atomic E-state index is 12.1. The van der Waals surface area contributed by atoms with Crippen LogP contribution in [0.3, 0.4) is 0 Å². The van der Waals surface area contributed by atoms with Gasteiger partial charge in [-0.25, -0.2) is 0 Å². The predicted octanol–water partition coefficient (Wildman–Crippen LogP) is 2.68. The average Bonchev–Trinajstić information content (AvgIpc) is 2.78. The second-order valence-corrected chi connectivity index (χ2v) is 4.78. The van der Waals surface area contributed by atoms with Crippen molar-refractivity contribution in [2.45, 2.75) is 26.2 Å². The van der Waals surface area contributed by atoms with Crippen molar-refractivity contribution in [1.29, 1.82) is 0 Å². The van der Waals surface area contributed by atoms with Gasteiger partial charge >= 0.3 is 5.97 Å². The third-order valence-electron chi connectivity index (χ3n) is 3.49. The first kappa shape index (κ1) is 11.8. The topological polar surface area (TPSA) is 54.4 Å². The maximum absolute atomic E-state index is 12.1. The molecular weight excluding hydrogens is 216 g/mol. The smallest absolute Gasteiger partial charge is 0.306 e. The van der Waals surface area contributed by atoms with Crippen molar-refractivity contribution < 1.29 is 14.7 Å². The van der Waals surface area contributed by atoms with Gasteiger partial charge in [0, 0.05) is 11.5 Å². The van der Waals surface area contributed by atoms with Gasteiger partial charge in [0.15, 0.2) is 5.78 Å². The lowest BCUT2D eigenvalue weighted by molar-refractivity contribution is -0.141. The van der Waals surface area contributed by atoms with Gasteiger partial charge in [0.2, 0.25) is 0 Å². The summed E-state index contributed by atoms with van der Waals surface area (Å²) in [7, 11) is 0. The van der Waals surface area contributed by atoms with Gasteiger partial charge in [-0.2, -0.15) is 0 Å². The molecule has 2 rings (SSSR count). The number of carboxylic acids is 1. The van der Waals surface area contributed by atoms with Crippen LogP contribution in [0.5, 0.6) is 0 Å². The standard InChI is InChI=1S/C14H16O3/c1-9-2-4-10(5-3-9)13(15)11-6-7-12(8-11)14(16)17/h2-5,11-12H,6-8H2,1H3,(H,16,17)/t11-,12+/m1/s1. The van der Waals surface area contributed by atoms with Gasteiger partial charge in [-0.05, 0) is 26.2 Å². The highest BCUT2D eigenvalue weighted by Gasteiger charge is 2.33. The van der Waals surface area contributed by atoms with Crippen molar-refractivity contribution in [2.24, 2.45) is 11.8 Å². The molecule has 1 saturated carbocycles. The summed E-state index contributed by atoms with van der Waals surface area (Å²) in [6, 6.07) is 7.48. The number of hydrogen-bond acceptors (Lipinski definition) is 2. The van der Waals surface area contributed by atoms with Gasteiger partial charge in [0.25, 0.3) is 0 Å². The molecule has 1 aromatic rings. The molecule has 0 saturated heterocycles. The Morgan fingerprint density at radius 2 is 1.71 bits per heavy atom. The van der Waals surface area contributed by atoms with Crippen molar-refractivity contribution in [2.75, 3.05) is 0 Å². The van der Waals surface area contributed by atoms with E-state index in [1.807, 2.05) is 31.2 Å². The molecule has 1 fully saturated rings. The Bertz CT molecular complexity index is 433. The highest BCUT2D eigenvalue weighted by molar-refractivity contribution is 5.98. The van der Waals surface area contributed by atoms with Gasteiger partial charge in [0.1, 0.15) is 0 Å². The lowest BCUT2D eigenvalue weighted by Gasteiger charge is -2.08. The number of ketones is 1. The van der Waals surface area contributed by atoms with Crippen LogP contribution in [0.1, 0.15) is 35.2 Å². The third kappa shape index (κ3) is 2.54. The Labute approximate surface area is 100 Å². The van der Waals surface area contributed by atoms with Crippen LogP contribution in [0.25, 0.3) is 0 Å². The molecule has 0 heterocycles. The van der Waals surface area contributed by atoms with E-state index in [1.54, 1.807) is 0 Å². The molecular formula is C14H16O3. The summed E-state index contributed by atoms with van der Waals surface area (Å²) in [5.41, 5.74) is 1.82. The zero-order valence-corrected chi connectivity index (χ0v) is 9.85. The Hall–Kier alpha value is -1.64. The predicted molar refractivity (Wildman–Crippen MR) is 64.0 cm³/mol. The minimum atomic E-state index is -0.774. The van der Waals surface area contributed by atoms with Crippen LogP contribution < -0.4 is 0 Å². The summed E-state index contributed by atoms with van der Waals surface area (Å²) in [6.07, 6.45) is 1.81. The molecule has 0 radical (unpaired) electrons. The van der Waals surface area contributed by atoms with E-state index < -0.39 is 5.97 Å². The highest BCUT2D eigenvalue weighted by atomic mass is 16.4. The number of carbonyl (C=O) groups excluding carboxylic acids is 1. The molecule has 1 aromatic carbocycles. The van der Waals surface area contributed by atoms with E-state index in [9.17, 15) is 9.59 Å². The van der Waals surface area contributed by atoms with E-state index in [0.717, 1.165) is 5.56 Å². The number of carboxylic acid groups (broad SMARTS) is 1. The normalized spacial score (nSPS) is 23.6. The van der Waals surface area contributed by atoms with Gasteiger partial charge in [-0.1, -0.05) is 29.8 Å². The van der Waals surface area contributed by atoms with E-state index in [1.165, 1.54) is 0 Å². The second-order valence-electron chi connectivity index (χ2n) is 4.78. The van der Waals surface area contributed by atoms with Crippen LogP contribution in [-0.2, 0) is 4.79 Å². The largest absolute Gasteiger partial charge is 0.481 e. The van der Waals surface area contributed by atoms with Gasteiger partial charge in [0.05, 0.1) is 5.92 Å². The van der Waals surface area contributed by atoms with E-state index in [0.29, 0.717) is 24.8 Å². The lowest BCUT2D eigenvalue weighted by atomic mass is 9.95. The van der Waals surface area contributed by atoms with Gasteiger partial charge < -0.3 is 5.11 Å². The fourth-order valence-electron chi connectivity index (χ4n) is 2.40. The SMILES string of the molecule is Cc1ccc(C(=O)[C@@H]2CC[C@H](C(=O)O)C2)cc1. The second kappa shape index (κ2) is 4.70. The van der Waals surface area contributed by atoms with E-state index in [-0.39, 0.29) is 17.6 Å². The Kier molecular flexibility index (Phi) is 3.27. The summed E-state index contributed by atoms with van der Waals surface area (Å²) in [5, 5.41) is 8.91. The maximum Gasteiger partial charge on any atom is 0.306 e. The van der Waals surface area contributed by atoms with Crippen molar-refractivity contribution in [1.82, 2.24) is 0 Å². The minimum absolute atomic E-state index is 0.0914. The molecule has 0 amide bonds. The van der Waals surface area contributed by atoms with E-state index >= 15 is 0 Å². The molecule has 3 nitrogen and oxygen atoms in total. The number of hydrogen-bond donors (Lipinski definition) is 1. The van der Waals surface area contributed by atoms with Gasteiger partial charge in [-0.3, -0.25) is 9.59 Å². The molecule has 90 valence electrons. The molecule has 0 bridgehead atoms. The Morgan fingerprint density at radius 3 is 2.24 bits per heavy atom. The van der Waals surface area contributed by atoms with Crippen molar-refractivity contribution in [3.05, 3.63) is 35.4 Å². The average molecular weight is 232 g/mol. The fraction of sp³-hybridized carbons (Fsp3) is 0.429. The fourth-order valence-corrected chi connectivity index (χ4v) is 2.40. The summed E-state index contributed by atoms with van der Waals surface area (Å²) >= 11 is 0. The first-order valence-electron chi connectivity index (χ1n) is 5.91. The lowest BCUT2D eigenvalue weighted by Crippen LogP contribution is -2.14. The summed E-state index contributed by atoms with van der Waals surface area (Å²) < 4.78 is 0. The van der Waals surface area contributed by atoms with Crippen LogP contribution in [0.4, 0.5) is 0 Å². The van der Waals surface area contributed by atoms with Crippen LogP contribution in [0.2, 0.25) is 0 Å². The van der Waals surface area contributed by atoms with Crippen molar-refractivity contribution in [3.8, 4) is 0 Å². The third-order valence-corrected chi connectivity index (χ3v) is 3.49. The van der Waals surface area contributed by atoms with Crippen LogP contribution in [0, 0.1) is 18.8 Å². The monoisotopic (exact) mass is 232 g/mol. The summed E-state index contributed by atoms with van der Waals surface area (Å²) in [4.78, 5) is 23.0. The Balaban J connectivity index is 2.07. The zero-order chi connectivity index (χ0) is 12.4. The number of benzene rings is 1. The number of aryl methyl sites for hydroxylation is 1. The zero-order valence-electron chi connectivity index (χ0n) is 9.85. The molecule has 17 heavy (non-hydrogen) atoms. The minimum Gasteiger partial charge on any atom is -0.481 e. The first-order chi connectivity index (χ1) is 8.08. The molecule has 0 spiro atoms. The molecule has 0 aromatic heterocycles. The molecule has 1 N–H and O–H groups in total. The van der Waals surface area contributed by atoms with Crippen LogP contribution in [0.15, 0.2) is 24.3 Å². The number of rotatable bonds is 3. The Morgan fingerprint density at radius 1 is 1.12 bits per heavy atom.